The first-order valence-corrected chi connectivity index (χ1v) is 7.31. The summed E-state index contributed by atoms with van der Waals surface area (Å²) in [7, 11) is 1.69. The van der Waals surface area contributed by atoms with Crippen LogP contribution in [-0.4, -0.2) is 26.1 Å². The molecule has 106 valence electrons. The van der Waals surface area contributed by atoms with Crippen LogP contribution in [-0.2, 0) is 11.2 Å². The lowest BCUT2D eigenvalue weighted by molar-refractivity contribution is 0.0925. The molecule has 1 aromatic carbocycles. The van der Waals surface area contributed by atoms with Crippen LogP contribution in [0, 0.1) is 6.92 Å². The second kappa shape index (κ2) is 7.22. The van der Waals surface area contributed by atoms with E-state index in [0.29, 0.717) is 12.4 Å². The van der Waals surface area contributed by atoms with Crippen molar-refractivity contribution >= 4 is 17.1 Å². The molecule has 1 aromatic heterocycles. The topological polar surface area (TPSA) is 35.5 Å². The number of Topliss-reactive ketones (excluding diaryl/α,β-unsaturated/α-hetero) is 1. The number of ether oxygens (including phenoxy) is 2. The summed E-state index contributed by atoms with van der Waals surface area (Å²) in [5.41, 5.74) is 1.19. The highest BCUT2D eigenvalue weighted by Crippen LogP contribution is 2.17. The summed E-state index contributed by atoms with van der Waals surface area (Å²) in [5.74, 6) is 0.736. The average molecular weight is 290 g/mol. The van der Waals surface area contributed by atoms with E-state index >= 15 is 0 Å². The molecular weight excluding hydrogens is 272 g/mol. The number of methoxy groups -OCH3 is 1. The minimum Gasteiger partial charge on any atom is -0.485 e. The Morgan fingerprint density at radius 3 is 2.50 bits per heavy atom. The quantitative estimate of drug-likeness (QED) is 0.732. The van der Waals surface area contributed by atoms with Gasteiger partial charge in [-0.25, -0.2) is 0 Å². The van der Waals surface area contributed by atoms with Gasteiger partial charge in [-0.15, -0.1) is 11.3 Å². The largest absolute Gasteiger partial charge is 0.485 e. The van der Waals surface area contributed by atoms with E-state index in [9.17, 15) is 4.79 Å². The summed E-state index contributed by atoms with van der Waals surface area (Å²) < 4.78 is 10.5. The number of thiophene rings is 1. The molecule has 2 aromatic rings. The molecule has 3 nitrogen and oxygen atoms in total. The van der Waals surface area contributed by atoms with Gasteiger partial charge in [0.05, 0.1) is 11.5 Å². The number of ketones is 1. The predicted octanol–water partition coefficient (Wildman–Crippen LogP) is 3.51. The van der Waals surface area contributed by atoms with Gasteiger partial charge in [-0.2, -0.15) is 0 Å². The van der Waals surface area contributed by atoms with Crippen molar-refractivity contribution in [3.05, 3.63) is 51.7 Å². The van der Waals surface area contributed by atoms with Crippen molar-refractivity contribution in [1.29, 1.82) is 0 Å². The van der Waals surface area contributed by atoms with Crippen LogP contribution in [0.3, 0.4) is 0 Å². The van der Waals surface area contributed by atoms with E-state index in [-0.39, 0.29) is 12.4 Å². The number of aryl methyl sites for hydroxylation is 1. The molecule has 0 saturated heterocycles. The maximum atomic E-state index is 11.9. The predicted molar refractivity (Wildman–Crippen MR) is 80.9 cm³/mol. The first-order valence-electron chi connectivity index (χ1n) is 6.49. The second-order valence-electron chi connectivity index (χ2n) is 4.51. The fourth-order valence-corrected chi connectivity index (χ4v) is 2.57. The van der Waals surface area contributed by atoms with Gasteiger partial charge in [0.1, 0.15) is 5.75 Å². The molecule has 0 bridgehead atoms. The molecule has 20 heavy (non-hydrogen) atoms. The molecule has 0 aliphatic carbocycles. The Morgan fingerprint density at radius 1 is 1.15 bits per heavy atom. The number of rotatable bonds is 7. The zero-order valence-corrected chi connectivity index (χ0v) is 12.5. The molecule has 0 spiro atoms. The van der Waals surface area contributed by atoms with Crippen LogP contribution in [0.5, 0.6) is 5.75 Å². The summed E-state index contributed by atoms with van der Waals surface area (Å²) in [5, 5.41) is 0. The third-order valence-electron chi connectivity index (χ3n) is 2.90. The van der Waals surface area contributed by atoms with Crippen molar-refractivity contribution in [2.24, 2.45) is 0 Å². The van der Waals surface area contributed by atoms with Crippen molar-refractivity contribution in [2.45, 2.75) is 13.3 Å². The van der Waals surface area contributed by atoms with Gasteiger partial charge in [0.25, 0.3) is 0 Å². The van der Waals surface area contributed by atoms with E-state index in [0.717, 1.165) is 16.2 Å². The summed E-state index contributed by atoms with van der Waals surface area (Å²) in [6, 6.07) is 11.6. The average Bonchev–Trinajstić information content (AvgIpc) is 2.90. The maximum Gasteiger partial charge on any atom is 0.210 e. The zero-order valence-electron chi connectivity index (χ0n) is 11.7. The standard InChI is InChI=1S/C16H18O3S/c1-12-3-8-16(20-12)15(17)11-19-14-6-4-13(5-7-14)9-10-18-2/h3-8H,9-11H2,1-2H3. The zero-order chi connectivity index (χ0) is 14.4. The van der Waals surface area contributed by atoms with Crippen LogP contribution < -0.4 is 4.74 Å². The van der Waals surface area contributed by atoms with Crippen molar-refractivity contribution in [3.63, 3.8) is 0 Å². The van der Waals surface area contributed by atoms with Gasteiger partial charge in [-0.1, -0.05) is 12.1 Å². The summed E-state index contributed by atoms with van der Waals surface area (Å²) in [4.78, 5) is 13.8. The third kappa shape index (κ3) is 4.18. The number of benzene rings is 1. The highest BCUT2D eigenvalue weighted by atomic mass is 32.1. The Labute approximate surface area is 123 Å². The number of hydrogen-bond acceptors (Lipinski definition) is 4. The molecule has 0 aliphatic heterocycles. The summed E-state index contributed by atoms with van der Waals surface area (Å²) in [6.07, 6.45) is 0.879. The molecule has 0 atom stereocenters. The van der Waals surface area contributed by atoms with E-state index < -0.39 is 0 Å². The Morgan fingerprint density at radius 2 is 1.90 bits per heavy atom. The molecule has 0 amide bonds. The van der Waals surface area contributed by atoms with Crippen molar-refractivity contribution < 1.29 is 14.3 Å². The molecule has 0 radical (unpaired) electrons. The first-order chi connectivity index (χ1) is 9.69. The van der Waals surface area contributed by atoms with Crippen molar-refractivity contribution in [1.82, 2.24) is 0 Å². The summed E-state index contributed by atoms with van der Waals surface area (Å²) >= 11 is 1.50. The van der Waals surface area contributed by atoms with Gasteiger partial charge in [0, 0.05) is 12.0 Å². The molecule has 0 unspecified atom stereocenters. The third-order valence-corrected chi connectivity index (χ3v) is 3.95. The lowest BCUT2D eigenvalue weighted by Gasteiger charge is -2.06. The fourth-order valence-electron chi connectivity index (χ4n) is 1.78. The van der Waals surface area contributed by atoms with Crippen molar-refractivity contribution in [2.75, 3.05) is 20.3 Å². The van der Waals surface area contributed by atoms with Crippen LogP contribution >= 0.6 is 11.3 Å². The van der Waals surface area contributed by atoms with Gasteiger partial charge >= 0.3 is 0 Å². The molecule has 0 fully saturated rings. The molecule has 0 N–H and O–H groups in total. The molecule has 4 heteroatoms. The molecule has 0 aliphatic rings. The monoisotopic (exact) mass is 290 g/mol. The number of carbonyl (C=O) groups is 1. The van der Waals surface area contributed by atoms with Crippen molar-refractivity contribution in [3.8, 4) is 5.75 Å². The SMILES string of the molecule is COCCc1ccc(OCC(=O)c2ccc(C)s2)cc1. The Bertz CT molecular complexity index is 557. The van der Waals surface area contributed by atoms with Crippen LogP contribution in [0.4, 0.5) is 0 Å². The minimum atomic E-state index is 0.0200. The molecular formula is C16H18O3S. The van der Waals surface area contributed by atoms with Gasteiger partial charge in [0.15, 0.2) is 6.61 Å². The maximum absolute atomic E-state index is 11.9. The fraction of sp³-hybridized carbons (Fsp3) is 0.312. The molecule has 1 heterocycles. The smallest absolute Gasteiger partial charge is 0.210 e. The van der Waals surface area contributed by atoms with Crippen LogP contribution in [0.15, 0.2) is 36.4 Å². The normalized spacial score (nSPS) is 10.5. The highest BCUT2D eigenvalue weighted by molar-refractivity contribution is 7.14. The van der Waals surface area contributed by atoms with Crippen LogP contribution in [0.25, 0.3) is 0 Å². The van der Waals surface area contributed by atoms with Crippen LogP contribution in [0.1, 0.15) is 20.1 Å². The van der Waals surface area contributed by atoms with Crippen LogP contribution in [0.2, 0.25) is 0 Å². The van der Waals surface area contributed by atoms with E-state index in [1.54, 1.807) is 7.11 Å². The highest BCUT2D eigenvalue weighted by Gasteiger charge is 2.09. The second-order valence-corrected chi connectivity index (χ2v) is 5.80. The van der Waals surface area contributed by atoms with E-state index in [4.69, 9.17) is 9.47 Å². The Balaban J connectivity index is 1.86. The number of carbonyl (C=O) groups excluding carboxylic acids is 1. The Hall–Kier alpha value is -1.65. The summed E-state index contributed by atoms with van der Waals surface area (Å²) in [6.45, 7) is 2.77. The van der Waals surface area contributed by atoms with Gasteiger partial charge in [0.2, 0.25) is 5.78 Å². The minimum absolute atomic E-state index is 0.0200. The van der Waals surface area contributed by atoms with E-state index in [1.807, 2.05) is 43.3 Å². The molecule has 0 saturated carbocycles. The van der Waals surface area contributed by atoms with Gasteiger partial charge in [-0.05, 0) is 43.2 Å². The van der Waals surface area contributed by atoms with Gasteiger partial charge in [-0.3, -0.25) is 4.79 Å². The van der Waals surface area contributed by atoms with E-state index in [1.165, 1.54) is 16.9 Å². The lowest BCUT2D eigenvalue weighted by atomic mass is 10.1. The number of hydrogen-bond donors (Lipinski definition) is 0. The lowest BCUT2D eigenvalue weighted by Crippen LogP contribution is -2.10. The van der Waals surface area contributed by atoms with E-state index in [2.05, 4.69) is 0 Å². The van der Waals surface area contributed by atoms with Gasteiger partial charge < -0.3 is 9.47 Å². The first kappa shape index (κ1) is 14.8. The Kier molecular flexibility index (Phi) is 5.32. The molecule has 2 rings (SSSR count).